The summed E-state index contributed by atoms with van der Waals surface area (Å²) in [7, 11) is 1.78. The molecule has 5 heterocycles. The number of aryl methyl sites for hydroxylation is 1. The van der Waals surface area contributed by atoms with Crippen LogP contribution in [0.2, 0.25) is 0 Å². The minimum atomic E-state index is -0.0499. The monoisotopic (exact) mass is 458 g/mol. The minimum Gasteiger partial charge on any atom is -0.350 e. The Morgan fingerprint density at radius 1 is 1.15 bits per heavy atom. The number of benzene rings is 1. The Morgan fingerprint density at radius 3 is 2.59 bits per heavy atom. The number of anilines is 1. The second kappa shape index (κ2) is 8.01. The second-order valence-electron chi connectivity index (χ2n) is 10.7. The lowest BCUT2D eigenvalue weighted by Crippen LogP contribution is -2.64. The topological polar surface area (TPSA) is 87.2 Å². The second-order valence-corrected chi connectivity index (χ2v) is 10.7. The number of imidazole rings is 1. The van der Waals surface area contributed by atoms with Gasteiger partial charge in [-0.25, -0.2) is 9.78 Å². The van der Waals surface area contributed by atoms with Crippen LogP contribution in [0.5, 0.6) is 0 Å². The Labute approximate surface area is 199 Å². The normalized spacial score (nSPS) is 20.1. The summed E-state index contributed by atoms with van der Waals surface area (Å²) in [5.74, 6) is 0.834. The van der Waals surface area contributed by atoms with Crippen molar-refractivity contribution in [3.8, 4) is 6.07 Å². The summed E-state index contributed by atoms with van der Waals surface area (Å²) < 4.78 is 3.44. The number of pyridine rings is 1. The molecule has 2 atom stereocenters. The number of fused-ring (bicyclic) bond motifs is 4. The van der Waals surface area contributed by atoms with E-state index in [4.69, 9.17) is 4.98 Å². The lowest BCUT2D eigenvalue weighted by atomic mass is 9.90. The zero-order chi connectivity index (χ0) is 24.2. The number of amides is 1. The molecule has 2 unspecified atom stereocenters. The van der Waals surface area contributed by atoms with Gasteiger partial charge in [-0.2, -0.15) is 5.26 Å². The third kappa shape index (κ3) is 3.75. The van der Waals surface area contributed by atoms with Crippen molar-refractivity contribution in [3.05, 3.63) is 58.0 Å². The van der Waals surface area contributed by atoms with E-state index in [2.05, 4.69) is 31.7 Å². The highest BCUT2D eigenvalue weighted by Crippen LogP contribution is 2.33. The van der Waals surface area contributed by atoms with E-state index >= 15 is 0 Å². The number of piperidine rings is 2. The van der Waals surface area contributed by atoms with Gasteiger partial charge in [0.15, 0.2) is 5.65 Å². The van der Waals surface area contributed by atoms with Gasteiger partial charge in [0.1, 0.15) is 5.82 Å². The molecule has 3 fully saturated rings. The van der Waals surface area contributed by atoms with E-state index in [1.54, 1.807) is 35.9 Å². The first-order valence-corrected chi connectivity index (χ1v) is 11.8. The average molecular weight is 459 g/mol. The quantitative estimate of drug-likeness (QED) is 0.602. The van der Waals surface area contributed by atoms with Gasteiger partial charge < -0.3 is 9.80 Å². The fourth-order valence-electron chi connectivity index (χ4n) is 5.30. The molecule has 176 valence electrons. The molecule has 3 aromatic rings. The van der Waals surface area contributed by atoms with Crippen LogP contribution in [0, 0.1) is 16.7 Å². The zero-order valence-electron chi connectivity index (χ0n) is 20.2. The van der Waals surface area contributed by atoms with Gasteiger partial charge >= 0.3 is 5.69 Å². The summed E-state index contributed by atoms with van der Waals surface area (Å²) in [6, 6.07) is 13.3. The molecule has 3 aliphatic rings. The number of aromatic nitrogens is 3. The maximum absolute atomic E-state index is 13.2. The molecule has 1 amide bonds. The molecule has 3 aliphatic heterocycles. The van der Waals surface area contributed by atoms with Crippen molar-refractivity contribution < 1.29 is 4.79 Å². The lowest BCUT2D eigenvalue weighted by Gasteiger charge is -2.52. The highest BCUT2D eigenvalue weighted by molar-refractivity contribution is 5.95. The van der Waals surface area contributed by atoms with Crippen molar-refractivity contribution in [2.45, 2.75) is 52.2 Å². The van der Waals surface area contributed by atoms with Crippen LogP contribution < -0.4 is 10.6 Å². The van der Waals surface area contributed by atoms with E-state index in [0.717, 1.165) is 24.2 Å². The third-order valence-corrected chi connectivity index (χ3v) is 6.92. The number of carbonyl (C=O) groups is 1. The van der Waals surface area contributed by atoms with Gasteiger partial charge in [-0.05, 0) is 48.6 Å². The van der Waals surface area contributed by atoms with E-state index in [1.165, 1.54) is 0 Å². The molecule has 3 saturated heterocycles. The van der Waals surface area contributed by atoms with Crippen LogP contribution in [0.3, 0.4) is 0 Å². The fourth-order valence-corrected chi connectivity index (χ4v) is 5.30. The van der Waals surface area contributed by atoms with E-state index < -0.39 is 0 Å². The molecular formula is C26H30N6O2. The Bertz CT molecular complexity index is 1370. The first-order valence-electron chi connectivity index (χ1n) is 11.8. The van der Waals surface area contributed by atoms with E-state index in [9.17, 15) is 14.9 Å². The number of hydrogen-bond donors (Lipinski definition) is 0. The van der Waals surface area contributed by atoms with Crippen LogP contribution in [0.15, 0.2) is 41.2 Å². The molecule has 0 spiro atoms. The summed E-state index contributed by atoms with van der Waals surface area (Å²) in [4.78, 5) is 35.3. The van der Waals surface area contributed by atoms with Crippen molar-refractivity contribution in [3.63, 3.8) is 0 Å². The fraction of sp³-hybridized carbons (Fsp3) is 0.462. The molecule has 0 radical (unpaired) electrons. The number of piperazine rings is 1. The van der Waals surface area contributed by atoms with Crippen molar-refractivity contribution in [1.29, 1.82) is 5.26 Å². The van der Waals surface area contributed by atoms with Gasteiger partial charge in [0.05, 0.1) is 17.1 Å². The summed E-state index contributed by atoms with van der Waals surface area (Å²) >= 11 is 0. The van der Waals surface area contributed by atoms with Gasteiger partial charge in [-0.1, -0.05) is 26.8 Å². The summed E-state index contributed by atoms with van der Waals surface area (Å²) in [6.45, 7) is 8.33. The maximum atomic E-state index is 13.2. The largest absolute Gasteiger partial charge is 0.350 e. The highest BCUT2D eigenvalue weighted by atomic mass is 16.2. The predicted octanol–water partition coefficient (Wildman–Crippen LogP) is 3.15. The van der Waals surface area contributed by atoms with Gasteiger partial charge in [-0.15, -0.1) is 0 Å². The molecule has 2 aromatic heterocycles. The Kier molecular flexibility index (Phi) is 5.23. The Hall–Kier alpha value is -3.60. The number of nitrogens with zero attached hydrogens (tertiary/aromatic N) is 6. The van der Waals surface area contributed by atoms with E-state index in [1.807, 2.05) is 21.6 Å². The first-order chi connectivity index (χ1) is 16.2. The number of carbonyl (C=O) groups excluding carboxylic acids is 1. The lowest BCUT2D eigenvalue weighted by molar-refractivity contribution is 0.0504. The molecule has 1 aromatic carbocycles. The van der Waals surface area contributed by atoms with E-state index in [0.29, 0.717) is 36.4 Å². The van der Waals surface area contributed by atoms with Crippen LogP contribution in [0.4, 0.5) is 5.82 Å². The molecule has 2 bridgehead atoms. The molecule has 8 heteroatoms. The molecule has 0 aliphatic carbocycles. The Morgan fingerprint density at radius 2 is 1.91 bits per heavy atom. The van der Waals surface area contributed by atoms with Crippen molar-refractivity contribution in [2.24, 2.45) is 12.5 Å². The molecular weight excluding hydrogens is 428 g/mol. The van der Waals surface area contributed by atoms with Crippen LogP contribution >= 0.6 is 0 Å². The van der Waals surface area contributed by atoms with E-state index in [-0.39, 0.29) is 29.1 Å². The average Bonchev–Trinajstić information content (AvgIpc) is 3.07. The SMILES string of the molecule is Cn1c(=O)n(CC(C)(C)C)c2ccc(N3CC4CCC3CN4C(=O)c3cccc(C#N)c3)nc21. The zero-order valence-corrected chi connectivity index (χ0v) is 20.2. The Balaban J connectivity index is 1.42. The van der Waals surface area contributed by atoms with Crippen LogP contribution in [0.1, 0.15) is 49.5 Å². The molecule has 6 rings (SSSR count). The summed E-state index contributed by atoms with van der Waals surface area (Å²) in [5, 5.41) is 9.18. The maximum Gasteiger partial charge on any atom is 0.330 e. The van der Waals surface area contributed by atoms with Gasteiger partial charge in [0.25, 0.3) is 5.91 Å². The molecule has 34 heavy (non-hydrogen) atoms. The number of hydrogen-bond acceptors (Lipinski definition) is 5. The van der Waals surface area contributed by atoms with Crippen LogP contribution in [0.25, 0.3) is 11.2 Å². The van der Waals surface area contributed by atoms with Crippen molar-refractivity contribution >= 4 is 22.9 Å². The smallest absolute Gasteiger partial charge is 0.330 e. The highest BCUT2D eigenvalue weighted by Gasteiger charge is 2.42. The minimum absolute atomic E-state index is 0.0171. The van der Waals surface area contributed by atoms with Gasteiger partial charge in [0, 0.05) is 44.3 Å². The molecule has 0 N–H and O–H groups in total. The molecule has 0 saturated carbocycles. The van der Waals surface area contributed by atoms with Crippen LogP contribution in [-0.4, -0.2) is 50.1 Å². The van der Waals surface area contributed by atoms with Gasteiger partial charge in [-0.3, -0.25) is 13.9 Å². The summed E-state index contributed by atoms with van der Waals surface area (Å²) in [5.41, 5.74) is 2.53. The third-order valence-electron chi connectivity index (χ3n) is 6.92. The first kappa shape index (κ1) is 22.2. The van der Waals surface area contributed by atoms with Gasteiger partial charge in [0.2, 0.25) is 0 Å². The number of rotatable bonds is 3. The molecule has 8 nitrogen and oxygen atoms in total. The number of nitriles is 1. The standard InChI is InChI=1S/C26H30N6O2/c1-26(2,3)16-32-21-10-11-22(28-23(21)29(4)25(32)34)30-14-20-9-8-19(30)15-31(20)24(33)18-7-5-6-17(12-18)13-27/h5-7,10-12,19-20H,8-9,14-16H2,1-4H3. The van der Waals surface area contributed by atoms with Crippen LogP contribution in [-0.2, 0) is 13.6 Å². The van der Waals surface area contributed by atoms with Crippen molar-refractivity contribution in [1.82, 2.24) is 19.0 Å². The summed E-state index contributed by atoms with van der Waals surface area (Å²) in [6.07, 6.45) is 1.95. The predicted molar refractivity (Wildman–Crippen MR) is 131 cm³/mol. The van der Waals surface area contributed by atoms with Crippen molar-refractivity contribution in [2.75, 3.05) is 18.0 Å².